The molecule has 196 valence electrons. The van der Waals surface area contributed by atoms with Gasteiger partial charge in [-0.25, -0.2) is 0 Å². The zero-order valence-electron chi connectivity index (χ0n) is 23.3. The monoisotopic (exact) mass is 500 g/mol. The summed E-state index contributed by atoms with van der Waals surface area (Å²) in [7, 11) is 0. The van der Waals surface area contributed by atoms with Crippen LogP contribution in [0.4, 0.5) is 0 Å². The third kappa shape index (κ3) is 2.32. The first-order chi connectivity index (χ1) is 17.2. The maximum atomic E-state index is 15.0. The molecule has 4 nitrogen and oxygen atoms in total. The van der Waals surface area contributed by atoms with Gasteiger partial charge in [-0.05, 0) is 82.6 Å². The number of benzene rings is 1. The van der Waals surface area contributed by atoms with Gasteiger partial charge in [0.2, 0.25) is 0 Å². The van der Waals surface area contributed by atoms with Crippen LogP contribution in [0.15, 0.2) is 47.6 Å². The van der Waals surface area contributed by atoms with Crippen molar-refractivity contribution in [3.05, 3.63) is 58.7 Å². The fraction of sp³-hybridized carbons (Fsp3) is 0.606. The van der Waals surface area contributed by atoms with Crippen LogP contribution in [-0.4, -0.2) is 28.1 Å². The molecule has 5 bridgehead atoms. The molecule has 1 aromatic rings. The molecule has 37 heavy (non-hydrogen) atoms. The first kappa shape index (κ1) is 25.0. The fourth-order valence-electron chi connectivity index (χ4n) is 10.3. The molecule has 0 unspecified atom stereocenters. The van der Waals surface area contributed by atoms with Crippen LogP contribution in [0.1, 0.15) is 96.5 Å². The van der Waals surface area contributed by atoms with Crippen LogP contribution in [0, 0.1) is 33.5 Å². The standard InChI is InChI=1S/C33H40O4/c1-19(2)12-13-21-16-31-17-24-28(5,6)23-11-9-8-10-22(23)25(34)32(24)27(36)30(26(31)35,15-14-20(3)4)18-29(21,7)33(31,32)37/h8-12,14,21,24,37H,13,15-18H2,1-7H3/t21-,24+,29+,30+,31+,32+,33+/m1/s1. The molecule has 0 saturated heterocycles. The van der Waals surface area contributed by atoms with E-state index in [-0.39, 0.29) is 23.3 Å². The second kappa shape index (κ2) is 7.00. The molecule has 0 radical (unpaired) electrons. The lowest BCUT2D eigenvalue weighted by Crippen LogP contribution is -2.82. The fourth-order valence-corrected chi connectivity index (χ4v) is 10.3. The van der Waals surface area contributed by atoms with Crippen LogP contribution < -0.4 is 0 Å². The molecule has 0 heterocycles. The van der Waals surface area contributed by atoms with E-state index in [0.717, 1.165) is 17.6 Å². The number of Topliss-reactive ketones (excluding diaryl/α,β-unsaturated/α-hetero) is 3. The van der Waals surface area contributed by atoms with Crippen molar-refractivity contribution in [3.63, 3.8) is 0 Å². The number of fused-ring (bicyclic) bond motifs is 1. The van der Waals surface area contributed by atoms with Crippen LogP contribution in [0.5, 0.6) is 0 Å². The first-order valence-corrected chi connectivity index (χ1v) is 13.9. The molecule has 0 amide bonds. The second-order valence-electron chi connectivity index (χ2n) is 14.2. The van der Waals surface area contributed by atoms with E-state index in [2.05, 4.69) is 40.7 Å². The summed E-state index contributed by atoms with van der Waals surface area (Å²) in [5.74, 6) is -1.01. The summed E-state index contributed by atoms with van der Waals surface area (Å²) in [6, 6.07) is 7.61. The zero-order valence-corrected chi connectivity index (χ0v) is 23.3. The highest BCUT2D eigenvalue weighted by atomic mass is 16.3. The Kier molecular flexibility index (Phi) is 4.72. The minimum Gasteiger partial charge on any atom is -0.387 e. The van der Waals surface area contributed by atoms with Crippen molar-refractivity contribution >= 4 is 17.3 Å². The van der Waals surface area contributed by atoms with Crippen molar-refractivity contribution in [3.8, 4) is 0 Å². The molecule has 5 fully saturated rings. The molecular weight excluding hydrogens is 460 g/mol. The molecular formula is C33H40O4. The van der Waals surface area contributed by atoms with Crippen molar-refractivity contribution in [1.29, 1.82) is 0 Å². The molecule has 7 atom stereocenters. The lowest BCUT2D eigenvalue weighted by Gasteiger charge is -2.68. The molecule has 0 aromatic heterocycles. The van der Waals surface area contributed by atoms with E-state index in [0.29, 0.717) is 31.2 Å². The van der Waals surface area contributed by atoms with E-state index in [1.807, 2.05) is 44.2 Å². The van der Waals surface area contributed by atoms with Crippen molar-refractivity contribution in [2.75, 3.05) is 0 Å². The molecule has 0 aliphatic heterocycles. The lowest BCUT2D eigenvalue weighted by molar-refractivity contribution is -0.240. The van der Waals surface area contributed by atoms with Crippen molar-refractivity contribution in [1.82, 2.24) is 0 Å². The predicted molar refractivity (Wildman–Crippen MR) is 143 cm³/mol. The number of carbonyl (C=O) groups is 3. The normalized spacial score (nSPS) is 43.9. The minimum atomic E-state index is -1.68. The van der Waals surface area contributed by atoms with Crippen LogP contribution in [0.25, 0.3) is 0 Å². The lowest BCUT2D eigenvalue weighted by atomic mass is 9.33. The van der Waals surface area contributed by atoms with Crippen LogP contribution in [0.3, 0.4) is 0 Å². The Bertz CT molecular complexity index is 1340. The van der Waals surface area contributed by atoms with E-state index in [4.69, 9.17) is 0 Å². The third-order valence-corrected chi connectivity index (χ3v) is 11.8. The zero-order chi connectivity index (χ0) is 27.0. The molecule has 1 spiro atoms. The van der Waals surface area contributed by atoms with Gasteiger partial charge < -0.3 is 5.11 Å². The Morgan fingerprint density at radius 1 is 0.946 bits per heavy atom. The van der Waals surface area contributed by atoms with Gasteiger partial charge in [0.25, 0.3) is 0 Å². The van der Waals surface area contributed by atoms with E-state index >= 15 is 4.79 Å². The number of hydrogen-bond acceptors (Lipinski definition) is 4. The number of ketones is 3. The summed E-state index contributed by atoms with van der Waals surface area (Å²) in [6.07, 6.45) is 6.54. The summed E-state index contributed by atoms with van der Waals surface area (Å²) in [4.78, 5) is 44.7. The number of carbonyl (C=O) groups excluding carboxylic acids is 3. The maximum Gasteiger partial charge on any atom is 0.180 e. The smallest absolute Gasteiger partial charge is 0.180 e. The molecule has 6 aliphatic rings. The van der Waals surface area contributed by atoms with Crippen molar-refractivity contribution in [2.45, 2.75) is 91.6 Å². The molecule has 6 aliphatic carbocycles. The largest absolute Gasteiger partial charge is 0.387 e. The van der Waals surface area contributed by atoms with E-state index in [1.165, 1.54) is 5.57 Å². The summed E-state index contributed by atoms with van der Waals surface area (Å²) in [6.45, 7) is 14.4. The summed E-state index contributed by atoms with van der Waals surface area (Å²) in [5, 5.41) is 13.3. The second-order valence-corrected chi connectivity index (χ2v) is 14.2. The minimum absolute atomic E-state index is 0.0314. The predicted octanol–water partition coefficient (Wildman–Crippen LogP) is 6.17. The molecule has 1 N–H and O–H groups in total. The summed E-state index contributed by atoms with van der Waals surface area (Å²) >= 11 is 0. The Morgan fingerprint density at radius 2 is 1.59 bits per heavy atom. The van der Waals surface area contributed by atoms with Crippen LogP contribution in [0.2, 0.25) is 0 Å². The SMILES string of the molecule is CC(C)=CC[C@@H]1C[C@@]23C[C@H]4C(C)(C)c5ccccc5C(=O)[C@]45C(=O)[C@@](CC=C(C)C)(C[C@]1(C)[C@]25O)C3=O. The summed E-state index contributed by atoms with van der Waals surface area (Å²) < 4.78 is 0. The van der Waals surface area contributed by atoms with Gasteiger partial charge in [0, 0.05) is 11.0 Å². The highest BCUT2D eigenvalue weighted by molar-refractivity contribution is 6.29. The van der Waals surface area contributed by atoms with Gasteiger partial charge >= 0.3 is 0 Å². The molecule has 4 heteroatoms. The van der Waals surface area contributed by atoms with E-state index < -0.39 is 38.6 Å². The topological polar surface area (TPSA) is 71.4 Å². The van der Waals surface area contributed by atoms with Gasteiger partial charge in [0.15, 0.2) is 17.3 Å². The van der Waals surface area contributed by atoms with Gasteiger partial charge in [-0.3, -0.25) is 14.4 Å². The Morgan fingerprint density at radius 3 is 2.24 bits per heavy atom. The molecule has 1 aromatic carbocycles. The Labute approximate surface area is 220 Å². The van der Waals surface area contributed by atoms with Crippen LogP contribution >= 0.6 is 0 Å². The maximum absolute atomic E-state index is 15.0. The third-order valence-electron chi connectivity index (χ3n) is 11.8. The van der Waals surface area contributed by atoms with E-state index in [1.54, 1.807) is 0 Å². The highest BCUT2D eigenvalue weighted by Crippen LogP contribution is 2.87. The van der Waals surface area contributed by atoms with Crippen molar-refractivity contribution in [2.24, 2.45) is 33.5 Å². The number of hydrogen-bond donors (Lipinski definition) is 1. The molecule has 5 saturated carbocycles. The van der Waals surface area contributed by atoms with Gasteiger partial charge in [-0.1, -0.05) is 68.3 Å². The van der Waals surface area contributed by atoms with Gasteiger partial charge in [0.1, 0.15) is 11.0 Å². The first-order valence-electron chi connectivity index (χ1n) is 13.9. The van der Waals surface area contributed by atoms with Gasteiger partial charge in [-0.15, -0.1) is 0 Å². The van der Waals surface area contributed by atoms with E-state index in [9.17, 15) is 14.7 Å². The molecule has 7 rings (SSSR count). The van der Waals surface area contributed by atoms with Gasteiger partial charge in [0.05, 0.1) is 10.8 Å². The summed E-state index contributed by atoms with van der Waals surface area (Å²) in [5.41, 5.74) is -3.14. The highest BCUT2D eigenvalue weighted by Gasteiger charge is 2.97. The Hall–Kier alpha value is -2.33. The average Bonchev–Trinajstić information content (AvgIpc) is 3.15. The number of allylic oxidation sites excluding steroid dienone is 4. The van der Waals surface area contributed by atoms with Crippen molar-refractivity contribution < 1.29 is 19.5 Å². The number of aliphatic hydroxyl groups is 1. The quantitative estimate of drug-likeness (QED) is 0.397. The Balaban J connectivity index is 1.71. The number of rotatable bonds is 4. The average molecular weight is 501 g/mol. The van der Waals surface area contributed by atoms with Gasteiger partial charge in [-0.2, -0.15) is 0 Å². The van der Waals surface area contributed by atoms with Crippen LogP contribution in [-0.2, 0) is 15.0 Å².